The molecule has 1 aliphatic rings. The Bertz CT molecular complexity index is 659. The summed E-state index contributed by atoms with van der Waals surface area (Å²) in [5.74, 6) is -0.450. The van der Waals surface area contributed by atoms with Gasteiger partial charge in [-0.3, -0.25) is 4.79 Å². The zero-order valence-electron chi connectivity index (χ0n) is 13.2. The Morgan fingerprint density at radius 1 is 1.33 bits per heavy atom. The summed E-state index contributed by atoms with van der Waals surface area (Å²) in [4.78, 5) is 10.8. The molecule has 24 heavy (non-hydrogen) atoms. The van der Waals surface area contributed by atoms with E-state index in [0.717, 1.165) is 0 Å². The average Bonchev–Trinajstić information content (AvgIpc) is 2.55. The molecule has 0 unspecified atom stereocenters. The molecule has 0 saturated carbocycles. The Kier molecular flexibility index (Phi) is 6.16. The van der Waals surface area contributed by atoms with Gasteiger partial charge in [0.15, 0.2) is 0 Å². The van der Waals surface area contributed by atoms with Gasteiger partial charge in [-0.05, 0) is 37.1 Å². The van der Waals surface area contributed by atoms with Crippen LogP contribution in [0.5, 0.6) is 5.75 Å². The molecule has 1 saturated heterocycles. The van der Waals surface area contributed by atoms with Gasteiger partial charge in [0.05, 0.1) is 43.3 Å². The van der Waals surface area contributed by atoms with Crippen LogP contribution in [-0.2, 0) is 19.6 Å². The third kappa shape index (κ3) is 4.67. The lowest BCUT2D eigenvalue weighted by Crippen LogP contribution is -2.51. The summed E-state index contributed by atoms with van der Waals surface area (Å²) in [6.07, 6.45) is -0.691. The number of carboxylic acids is 1. The van der Waals surface area contributed by atoms with E-state index < -0.39 is 40.8 Å². The molecule has 0 radical (unpaired) electrons. The molecule has 1 aromatic rings. The predicted octanol–water partition coefficient (Wildman–Crippen LogP) is 0.357. The summed E-state index contributed by atoms with van der Waals surface area (Å²) >= 11 is 0. The molecule has 9 heteroatoms. The van der Waals surface area contributed by atoms with Crippen molar-refractivity contribution in [1.82, 2.24) is 4.72 Å². The van der Waals surface area contributed by atoms with Crippen molar-refractivity contribution in [2.24, 2.45) is 0 Å². The lowest BCUT2D eigenvalue weighted by atomic mass is 9.98. The van der Waals surface area contributed by atoms with Crippen LogP contribution in [0.2, 0.25) is 0 Å². The third-order valence-electron chi connectivity index (χ3n) is 3.87. The highest BCUT2D eigenvalue weighted by Crippen LogP contribution is 2.24. The summed E-state index contributed by atoms with van der Waals surface area (Å²) in [7, 11) is -2.29. The quantitative estimate of drug-likeness (QED) is 0.642. The lowest BCUT2D eigenvalue weighted by Gasteiger charge is -2.35. The number of carboxylic acid groups (broad SMARTS) is 1. The number of methoxy groups -OCH3 is 1. The van der Waals surface area contributed by atoms with Crippen LogP contribution in [0.1, 0.15) is 19.3 Å². The maximum absolute atomic E-state index is 12.4. The minimum Gasteiger partial charge on any atom is -0.497 e. The zero-order valence-corrected chi connectivity index (χ0v) is 14.0. The second kappa shape index (κ2) is 7.93. The summed E-state index contributed by atoms with van der Waals surface area (Å²) in [5, 5.41) is 18.2. The molecule has 0 amide bonds. The van der Waals surface area contributed by atoms with E-state index in [0.29, 0.717) is 18.6 Å². The lowest BCUT2D eigenvalue weighted by molar-refractivity contribution is -0.145. The van der Waals surface area contributed by atoms with Gasteiger partial charge in [0.1, 0.15) is 5.75 Å². The second-order valence-electron chi connectivity index (χ2n) is 5.56. The normalized spacial score (nSPS) is 24.5. The Morgan fingerprint density at radius 3 is 2.54 bits per heavy atom. The summed E-state index contributed by atoms with van der Waals surface area (Å²) in [6, 6.07) is 5.31. The highest BCUT2D eigenvalue weighted by Gasteiger charge is 2.34. The van der Waals surface area contributed by atoms with Crippen LogP contribution in [0.15, 0.2) is 29.2 Å². The van der Waals surface area contributed by atoms with Crippen LogP contribution in [0.4, 0.5) is 0 Å². The van der Waals surface area contributed by atoms with Crippen LogP contribution in [0.25, 0.3) is 0 Å². The highest BCUT2D eigenvalue weighted by atomic mass is 32.2. The Balaban J connectivity index is 2.06. The van der Waals surface area contributed by atoms with Crippen molar-refractivity contribution in [3.63, 3.8) is 0 Å². The van der Waals surface area contributed by atoms with Crippen molar-refractivity contribution in [3.05, 3.63) is 24.3 Å². The third-order valence-corrected chi connectivity index (χ3v) is 5.38. The predicted molar refractivity (Wildman–Crippen MR) is 84.3 cm³/mol. The van der Waals surface area contributed by atoms with Gasteiger partial charge in [0.25, 0.3) is 0 Å². The van der Waals surface area contributed by atoms with E-state index in [4.69, 9.17) is 14.6 Å². The van der Waals surface area contributed by atoms with Gasteiger partial charge >= 0.3 is 5.97 Å². The van der Waals surface area contributed by atoms with E-state index in [1.807, 2.05) is 0 Å². The van der Waals surface area contributed by atoms with Crippen LogP contribution in [0, 0.1) is 0 Å². The summed E-state index contributed by atoms with van der Waals surface area (Å²) in [6.45, 7) is -0.397. The molecule has 3 N–H and O–H groups in total. The van der Waals surface area contributed by atoms with Crippen LogP contribution in [-0.4, -0.2) is 56.6 Å². The smallest absolute Gasteiger partial charge is 0.305 e. The minimum atomic E-state index is -3.78. The van der Waals surface area contributed by atoms with Gasteiger partial charge < -0.3 is 19.7 Å². The summed E-state index contributed by atoms with van der Waals surface area (Å²) < 4.78 is 37.9. The van der Waals surface area contributed by atoms with Crippen molar-refractivity contribution in [1.29, 1.82) is 0 Å². The number of rotatable bonds is 7. The average molecular weight is 359 g/mol. The molecule has 0 aliphatic carbocycles. The number of hydrogen-bond acceptors (Lipinski definition) is 6. The molecule has 1 heterocycles. The van der Waals surface area contributed by atoms with Crippen molar-refractivity contribution in [2.75, 3.05) is 13.7 Å². The topological polar surface area (TPSA) is 122 Å². The molecule has 2 rings (SSSR count). The molecule has 0 bridgehead atoms. The Morgan fingerprint density at radius 2 is 2.00 bits per heavy atom. The molecule has 1 aromatic carbocycles. The van der Waals surface area contributed by atoms with Gasteiger partial charge in [-0.2, -0.15) is 0 Å². The largest absolute Gasteiger partial charge is 0.497 e. The van der Waals surface area contributed by atoms with Crippen molar-refractivity contribution >= 4 is 16.0 Å². The number of sulfonamides is 1. The number of carbonyl (C=O) groups is 1. The number of nitrogens with one attached hydrogen (secondary N) is 1. The standard InChI is InChI=1S/C15H21NO7S/c1-22-10-2-5-12(6-3-10)24(20,21)16-13-7-4-11(8-15(18)19)23-14(13)9-17/h2-3,5-6,11,13-14,16-17H,4,7-9H2,1H3,(H,18,19)/t11-,13+,14-/m1/s1. The van der Waals surface area contributed by atoms with Crippen LogP contribution in [0.3, 0.4) is 0 Å². The molecule has 134 valence electrons. The second-order valence-corrected chi connectivity index (χ2v) is 7.27. The molecule has 0 aromatic heterocycles. The van der Waals surface area contributed by atoms with E-state index >= 15 is 0 Å². The fourth-order valence-electron chi connectivity index (χ4n) is 2.63. The monoisotopic (exact) mass is 359 g/mol. The number of aliphatic hydroxyl groups is 1. The molecular weight excluding hydrogens is 338 g/mol. The minimum absolute atomic E-state index is 0.0765. The van der Waals surface area contributed by atoms with Gasteiger partial charge in [0, 0.05) is 0 Å². The van der Waals surface area contributed by atoms with Crippen molar-refractivity contribution < 1.29 is 32.9 Å². The highest BCUT2D eigenvalue weighted by molar-refractivity contribution is 7.89. The molecule has 1 aliphatic heterocycles. The summed E-state index contributed by atoms with van der Waals surface area (Å²) in [5.41, 5.74) is 0. The maximum Gasteiger partial charge on any atom is 0.305 e. The molecule has 1 fully saturated rings. The first-order valence-corrected chi connectivity index (χ1v) is 8.98. The fraction of sp³-hybridized carbons (Fsp3) is 0.533. The number of aliphatic hydroxyl groups excluding tert-OH is 1. The van der Waals surface area contributed by atoms with Gasteiger partial charge in [-0.15, -0.1) is 0 Å². The van der Waals surface area contributed by atoms with E-state index in [2.05, 4.69) is 4.72 Å². The molecule has 8 nitrogen and oxygen atoms in total. The van der Waals surface area contributed by atoms with Crippen LogP contribution >= 0.6 is 0 Å². The first-order valence-electron chi connectivity index (χ1n) is 7.50. The first kappa shape index (κ1) is 18.7. The number of aliphatic carboxylic acids is 1. The Labute approximate surface area is 140 Å². The molecular formula is C15H21NO7S. The van der Waals surface area contributed by atoms with Gasteiger partial charge in [0.2, 0.25) is 10.0 Å². The fourth-order valence-corrected chi connectivity index (χ4v) is 3.93. The number of benzene rings is 1. The number of ether oxygens (including phenoxy) is 2. The zero-order chi connectivity index (χ0) is 17.7. The van der Waals surface area contributed by atoms with Gasteiger partial charge in [-0.25, -0.2) is 13.1 Å². The van der Waals surface area contributed by atoms with Crippen molar-refractivity contribution in [2.45, 2.75) is 42.4 Å². The SMILES string of the molecule is COc1ccc(S(=O)(=O)N[C@H]2CC[C@H](CC(=O)O)O[C@@H]2CO)cc1. The Hall–Kier alpha value is -1.68. The van der Waals surface area contributed by atoms with E-state index in [1.54, 1.807) is 12.1 Å². The van der Waals surface area contributed by atoms with E-state index in [9.17, 15) is 18.3 Å². The molecule has 3 atom stereocenters. The van der Waals surface area contributed by atoms with E-state index in [-0.39, 0.29) is 11.3 Å². The first-order chi connectivity index (χ1) is 11.4. The van der Waals surface area contributed by atoms with Gasteiger partial charge in [-0.1, -0.05) is 0 Å². The van der Waals surface area contributed by atoms with Crippen molar-refractivity contribution in [3.8, 4) is 5.75 Å². The molecule has 0 spiro atoms. The number of hydrogen-bond donors (Lipinski definition) is 3. The van der Waals surface area contributed by atoms with E-state index in [1.165, 1.54) is 19.2 Å². The maximum atomic E-state index is 12.4. The van der Waals surface area contributed by atoms with Crippen LogP contribution < -0.4 is 9.46 Å².